The summed E-state index contributed by atoms with van der Waals surface area (Å²) in [5, 5.41) is 1.16. The van der Waals surface area contributed by atoms with Crippen LogP contribution >= 0.6 is 22.7 Å². The summed E-state index contributed by atoms with van der Waals surface area (Å²) in [7, 11) is 0. The van der Waals surface area contributed by atoms with Crippen LogP contribution in [0.3, 0.4) is 0 Å². The minimum absolute atomic E-state index is 0.104. The Labute approximate surface area is 143 Å². The van der Waals surface area contributed by atoms with Gasteiger partial charge in [0.15, 0.2) is 4.96 Å². The zero-order valence-corrected chi connectivity index (χ0v) is 15.3. The fraction of sp³-hybridized carbons (Fsp3) is 0.333. The number of fused-ring (bicyclic) bond motifs is 2. The molecule has 0 saturated carbocycles. The third kappa shape index (κ3) is 2.39. The van der Waals surface area contributed by atoms with Gasteiger partial charge in [-0.2, -0.15) is 0 Å². The lowest BCUT2D eigenvalue weighted by Crippen LogP contribution is -2.16. The van der Waals surface area contributed by atoms with E-state index < -0.39 is 0 Å². The molecule has 0 N–H and O–H groups in total. The number of aromatic nitrogens is 3. The van der Waals surface area contributed by atoms with Crippen LogP contribution in [0, 0.1) is 0 Å². The minimum Gasteiger partial charge on any atom is -0.297 e. The predicted octanol–water partition coefficient (Wildman–Crippen LogP) is 5.45. The number of hydrogen-bond acceptors (Lipinski definition) is 4. The fourth-order valence-corrected chi connectivity index (χ4v) is 4.85. The van der Waals surface area contributed by atoms with Crippen LogP contribution in [0.25, 0.3) is 15.2 Å². The van der Waals surface area contributed by atoms with Gasteiger partial charge in [-0.25, -0.2) is 9.97 Å². The van der Waals surface area contributed by atoms with Crippen molar-refractivity contribution in [1.29, 1.82) is 0 Å². The van der Waals surface area contributed by atoms with E-state index >= 15 is 0 Å². The van der Waals surface area contributed by atoms with Crippen molar-refractivity contribution in [3.63, 3.8) is 0 Å². The Morgan fingerprint density at radius 1 is 1.04 bits per heavy atom. The van der Waals surface area contributed by atoms with Crippen molar-refractivity contribution in [2.45, 2.75) is 39.0 Å². The first-order valence-electron chi connectivity index (χ1n) is 7.80. The van der Waals surface area contributed by atoms with Gasteiger partial charge in [0.2, 0.25) is 0 Å². The van der Waals surface area contributed by atoms with E-state index in [9.17, 15) is 0 Å². The van der Waals surface area contributed by atoms with Crippen molar-refractivity contribution >= 4 is 37.9 Å². The highest BCUT2D eigenvalue weighted by Crippen LogP contribution is 2.39. The molecular weight excluding hydrogens is 322 g/mol. The summed E-state index contributed by atoms with van der Waals surface area (Å²) in [5.74, 6) is 0.461. The summed E-state index contributed by atoms with van der Waals surface area (Å²) in [6, 6.07) is 8.35. The second kappa shape index (κ2) is 5.14. The molecule has 0 bridgehead atoms. The molecule has 23 heavy (non-hydrogen) atoms. The molecule has 4 rings (SSSR count). The van der Waals surface area contributed by atoms with Crippen LogP contribution in [-0.2, 0) is 5.41 Å². The van der Waals surface area contributed by atoms with Crippen LogP contribution in [0.2, 0.25) is 0 Å². The van der Waals surface area contributed by atoms with Crippen LogP contribution < -0.4 is 0 Å². The molecule has 0 fully saturated rings. The van der Waals surface area contributed by atoms with Crippen molar-refractivity contribution in [2.75, 3.05) is 0 Å². The first-order valence-corrected chi connectivity index (χ1v) is 9.43. The van der Waals surface area contributed by atoms with Gasteiger partial charge in [0, 0.05) is 17.3 Å². The summed E-state index contributed by atoms with van der Waals surface area (Å²) >= 11 is 3.55. The van der Waals surface area contributed by atoms with Gasteiger partial charge in [-0.05, 0) is 31.9 Å². The van der Waals surface area contributed by atoms with Crippen molar-refractivity contribution in [3.8, 4) is 0 Å². The van der Waals surface area contributed by atoms with E-state index in [1.165, 1.54) is 9.58 Å². The van der Waals surface area contributed by atoms with Crippen molar-refractivity contribution in [3.05, 3.63) is 52.2 Å². The molecule has 0 saturated heterocycles. The SMILES string of the molecule is CC(C)c1cn2cc(C(C)(C)c3nc4ccccc4s3)sc2n1. The molecule has 0 aliphatic rings. The summed E-state index contributed by atoms with van der Waals surface area (Å²) < 4.78 is 3.41. The lowest BCUT2D eigenvalue weighted by Gasteiger charge is -2.19. The first-order chi connectivity index (χ1) is 10.9. The van der Waals surface area contributed by atoms with Crippen molar-refractivity contribution in [2.24, 2.45) is 0 Å². The summed E-state index contributed by atoms with van der Waals surface area (Å²) in [5.41, 5.74) is 2.14. The lowest BCUT2D eigenvalue weighted by atomic mass is 9.93. The molecule has 3 nitrogen and oxygen atoms in total. The second-order valence-electron chi connectivity index (χ2n) is 6.72. The zero-order valence-electron chi connectivity index (χ0n) is 13.7. The van der Waals surface area contributed by atoms with Gasteiger partial charge in [0.1, 0.15) is 5.01 Å². The number of thiazole rings is 2. The van der Waals surface area contributed by atoms with Gasteiger partial charge in [-0.1, -0.05) is 26.0 Å². The van der Waals surface area contributed by atoms with Gasteiger partial charge in [-0.15, -0.1) is 22.7 Å². The maximum atomic E-state index is 4.86. The molecule has 0 aliphatic heterocycles. The number of para-hydroxylation sites is 1. The van der Waals surface area contributed by atoms with E-state index in [0.29, 0.717) is 5.92 Å². The standard InChI is InChI=1S/C18H19N3S2/c1-11(2)13-9-21-10-15(23-17(21)20-13)18(3,4)16-19-12-7-5-6-8-14(12)22-16/h5-11H,1-4H3. The summed E-state index contributed by atoms with van der Waals surface area (Å²) in [6.07, 6.45) is 4.36. The molecule has 0 atom stereocenters. The molecule has 0 unspecified atom stereocenters. The lowest BCUT2D eigenvalue weighted by molar-refractivity contribution is 0.648. The van der Waals surface area contributed by atoms with Crippen molar-refractivity contribution in [1.82, 2.24) is 14.4 Å². The average molecular weight is 342 g/mol. The van der Waals surface area contributed by atoms with Gasteiger partial charge in [0.25, 0.3) is 0 Å². The molecule has 3 heterocycles. The van der Waals surface area contributed by atoms with Crippen LogP contribution in [-0.4, -0.2) is 14.4 Å². The molecule has 0 aliphatic carbocycles. The molecule has 0 spiro atoms. The Morgan fingerprint density at radius 2 is 1.83 bits per heavy atom. The molecule has 1 aromatic carbocycles. The van der Waals surface area contributed by atoms with Gasteiger partial charge < -0.3 is 0 Å². The Bertz CT molecular complexity index is 924. The number of rotatable bonds is 3. The third-order valence-corrected chi connectivity index (χ3v) is 6.89. The largest absolute Gasteiger partial charge is 0.297 e. The van der Waals surface area contributed by atoms with Gasteiger partial charge >= 0.3 is 0 Å². The van der Waals surface area contributed by atoms with Crippen LogP contribution in [0.5, 0.6) is 0 Å². The normalized spacial score (nSPS) is 12.7. The Kier molecular flexibility index (Phi) is 3.32. The van der Waals surface area contributed by atoms with E-state index in [-0.39, 0.29) is 5.41 Å². The zero-order chi connectivity index (χ0) is 16.2. The first kappa shape index (κ1) is 14.8. The topological polar surface area (TPSA) is 30.2 Å². The molecular formula is C18H19N3S2. The number of benzene rings is 1. The maximum Gasteiger partial charge on any atom is 0.194 e. The highest BCUT2D eigenvalue weighted by molar-refractivity contribution is 7.19. The number of nitrogens with zero attached hydrogens (tertiary/aromatic N) is 3. The Balaban J connectivity index is 1.79. The van der Waals surface area contributed by atoms with Gasteiger partial charge in [0.05, 0.1) is 21.3 Å². The van der Waals surface area contributed by atoms with E-state index in [1.807, 2.05) is 6.07 Å². The molecule has 0 amide bonds. The summed E-state index contributed by atoms with van der Waals surface area (Å²) in [4.78, 5) is 12.0. The van der Waals surface area contributed by atoms with Crippen LogP contribution in [0.4, 0.5) is 0 Å². The van der Waals surface area contributed by atoms with Gasteiger partial charge in [-0.3, -0.25) is 4.40 Å². The predicted molar refractivity (Wildman–Crippen MR) is 98.9 cm³/mol. The molecule has 4 aromatic rings. The van der Waals surface area contributed by atoms with E-state index in [4.69, 9.17) is 9.97 Å². The number of imidazole rings is 1. The molecule has 118 valence electrons. The Hall–Kier alpha value is -1.72. The van der Waals surface area contributed by atoms with E-state index in [2.05, 4.69) is 62.7 Å². The Morgan fingerprint density at radius 3 is 2.52 bits per heavy atom. The highest BCUT2D eigenvalue weighted by atomic mass is 32.1. The van der Waals surface area contributed by atoms with Crippen LogP contribution in [0.15, 0.2) is 36.7 Å². The second-order valence-corrected chi connectivity index (χ2v) is 8.76. The molecule has 5 heteroatoms. The summed E-state index contributed by atoms with van der Waals surface area (Å²) in [6.45, 7) is 8.86. The van der Waals surface area contributed by atoms with Crippen molar-refractivity contribution < 1.29 is 0 Å². The van der Waals surface area contributed by atoms with E-state index in [1.54, 1.807) is 22.7 Å². The van der Waals surface area contributed by atoms with E-state index in [0.717, 1.165) is 21.2 Å². The molecule has 0 radical (unpaired) electrons. The quantitative estimate of drug-likeness (QED) is 0.495. The average Bonchev–Trinajstić information content (AvgIpc) is 3.19. The molecule has 3 aromatic heterocycles. The fourth-order valence-electron chi connectivity index (χ4n) is 2.63. The third-order valence-electron chi connectivity index (χ3n) is 4.21. The number of hydrogen-bond donors (Lipinski definition) is 0. The maximum absolute atomic E-state index is 4.86. The smallest absolute Gasteiger partial charge is 0.194 e. The highest BCUT2D eigenvalue weighted by Gasteiger charge is 2.30. The minimum atomic E-state index is -0.104. The monoisotopic (exact) mass is 341 g/mol. The van der Waals surface area contributed by atoms with Crippen LogP contribution in [0.1, 0.15) is 49.2 Å².